The summed E-state index contributed by atoms with van der Waals surface area (Å²) in [5.74, 6) is 0. The average Bonchev–Trinajstić information content (AvgIpc) is 3.09. The molecule has 0 radical (unpaired) electrons. The van der Waals surface area contributed by atoms with Gasteiger partial charge in [0.25, 0.3) is 10.0 Å². The van der Waals surface area contributed by atoms with Gasteiger partial charge in [0, 0.05) is 17.8 Å². The molecule has 0 saturated carbocycles. The zero-order valence-electron chi connectivity index (χ0n) is 14.7. The van der Waals surface area contributed by atoms with E-state index in [0.29, 0.717) is 17.7 Å². The molecule has 0 atom stereocenters. The largest absolute Gasteiger partial charge is 0.276 e. The number of aryl methyl sites for hydroxylation is 1. The van der Waals surface area contributed by atoms with E-state index in [4.69, 9.17) is 0 Å². The predicted molar refractivity (Wildman–Crippen MR) is 105 cm³/mol. The normalized spacial score (nSPS) is 11.6. The van der Waals surface area contributed by atoms with Crippen molar-refractivity contribution in [3.63, 3.8) is 0 Å². The molecule has 136 valence electrons. The van der Waals surface area contributed by atoms with Crippen molar-refractivity contribution < 1.29 is 8.42 Å². The maximum absolute atomic E-state index is 12.8. The number of rotatable bonds is 5. The van der Waals surface area contributed by atoms with Gasteiger partial charge in [-0.15, -0.1) is 0 Å². The van der Waals surface area contributed by atoms with E-state index in [-0.39, 0.29) is 4.90 Å². The highest BCUT2D eigenvalue weighted by Gasteiger charge is 2.19. The van der Waals surface area contributed by atoms with Gasteiger partial charge >= 0.3 is 0 Å². The third-order valence-corrected chi connectivity index (χ3v) is 5.65. The SMILES string of the molecule is Cc1ccc(Cn2cc(NS(=O)(=O)c3cccc4cccnc34)cn2)cc1. The highest BCUT2D eigenvalue weighted by molar-refractivity contribution is 7.93. The van der Waals surface area contributed by atoms with Crippen molar-refractivity contribution in [1.29, 1.82) is 0 Å². The van der Waals surface area contributed by atoms with Crippen molar-refractivity contribution in [3.8, 4) is 0 Å². The summed E-state index contributed by atoms with van der Waals surface area (Å²) in [6, 6.07) is 16.8. The number of anilines is 1. The first-order chi connectivity index (χ1) is 13.0. The van der Waals surface area contributed by atoms with Crippen molar-refractivity contribution in [2.75, 3.05) is 4.72 Å². The third kappa shape index (κ3) is 3.68. The number of fused-ring (bicyclic) bond motifs is 1. The van der Waals surface area contributed by atoms with Crippen LogP contribution in [0.15, 0.2) is 78.1 Å². The number of sulfonamides is 1. The van der Waals surface area contributed by atoms with Crippen LogP contribution in [0.1, 0.15) is 11.1 Å². The van der Waals surface area contributed by atoms with Crippen LogP contribution >= 0.6 is 0 Å². The molecular weight excluding hydrogens is 360 g/mol. The molecule has 0 spiro atoms. The van der Waals surface area contributed by atoms with Gasteiger partial charge in [-0.25, -0.2) is 8.42 Å². The second kappa shape index (κ2) is 6.85. The van der Waals surface area contributed by atoms with Crippen molar-refractivity contribution >= 4 is 26.6 Å². The first-order valence-electron chi connectivity index (χ1n) is 8.46. The fourth-order valence-electron chi connectivity index (χ4n) is 2.89. The van der Waals surface area contributed by atoms with E-state index in [1.54, 1.807) is 35.3 Å². The van der Waals surface area contributed by atoms with Gasteiger partial charge in [0.2, 0.25) is 0 Å². The van der Waals surface area contributed by atoms with E-state index in [9.17, 15) is 8.42 Å². The maximum Gasteiger partial charge on any atom is 0.264 e. The molecule has 0 fully saturated rings. The zero-order valence-corrected chi connectivity index (χ0v) is 15.5. The summed E-state index contributed by atoms with van der Waals surface area (Å²) in [6.07, 6.45) is 4.77. The summed E-state index contributed by atoms with van der Waals surface area (Å²) >= 11 is 0. The van der Waals surface area contributed by atoms with Gasteiger partial charge in [-0.2, -0.15) is 5.10 Å². The average molecular weight is 378 g/mol. The van der Waals surface area contributed by atoms with Crippen LogP contribution in [0.2, 0.25) is 0 Å². The number of para-hydroxylation sites is 1. The van der Waals surface area contributed by atoms with Gasteiger partial charge in [0.1, 0.15) is 4.90 Å². The first kappa shape index (κ1) is 17.2. The molecule has 0 aliphatic carbocycles. The number of hydrogen-bond donors (Lipinski definition) is 1. The van der Waals surface area contributed by atoms with Crippen LogP contribution in [0, 0.1) is 6.92 Å². The highest BCUT2D eigenvalue weighted by atomic mass is 32.2. The van der Waals surface area contributed by atoms with Crippen molar-refractivity contribution in [2.24, 2.45) is 0 Å². The first-order valence-corrected chi connectivity index (χ1v) is 9.94. The Bertz CT molecular complexity index is 1190. The highest BCUT2D eigenvalue weighted by Crippen LogP contribution is 2.23. The van der Waals surface area contributed by atoms with Crippen molar-refractivity contribution in [2.45, 2.75) is 18.4 Å². The molecule has 4 aromatic rings. The number of nitrogens with zero attached hydrogens (tertiary/aromatic N) is 3. The summed E-state index contributed by atoms with van der Waals surface area (Å²) < 4.78 is 30.0. The number of benzene rings is 2. The van der Waals surface area contributed by atoms with E-state index in [1.807, 2.05) is 43.3 Å². The Balaban J connectivity index is 1.58. The minimum Gasteiger partial charge on any atom is -0.276 e. The summed E-state index contributed by atoms with van der Waals surface area (Å²) in [5.41, 5.74) is 3.14. The molecule has 0 aliphatic rings. The second-order valence-electron chi connectivity index (χ2n) is 6.35. The van der Waals surface area contributed by atoms with E-state index in [0.717, 1.165) is 10.9 Å². The molecule has 0 saturated heterocycles. The van der Waals surface area contributed by atoms with Crippen LogP contribution in [-0.2, 0) is 16.6 Å². The quantitative estimate of drug-likeness (QED) is 0.576. The topological polar surface area (TPSA) is 76.9 Å². The van der Waals surface area contributed by atoms with Crippen LogP contribution < -0.4 is 4.72 Å². The molecule has 0 unspecified atom stereocenters. The molecule has 0 aliphatic heterocycles. The molecule has 4 rings (SSSR count). The standard InChI is InChI=1S/C20H18N4O2S/c1-15-7-9-16(10-8-15)13-24-14-18(12-22-24)23-27(25,26)19-6-2-4-17-5-3-11-21-20(17)19/h2-12,14,23H,13H2,1H3. The number of nitrogens with one attached hydrogen (secondary N) is 1. The van der Waals surface area contributed by atoms with Gasteiger partial charge in [-0.1, -0.05) is 48.0 Å². The van der Waals surface area contributed by atoms with Gasteiger partial charge in [0.15, 0.2) is 0 Å². The second-order valence-corrected chi connectivity index (χ2v) is 8.00. The van der Waals surface area contributed by atoms with Crippen LogP contribution in [0.25, 0.3) is 10.9 Å². The molecule has 7 heteroatoms. The molecule has 2 heterocycles. The molecule has 2 aromatic carbocycles. The smallest absolute Gasteiger partial charge is 0.264 e. The Morgan fingerprint density at radius 3 is 2.63 bits per heavy atom. The Morgan fingerprint density at radius 2 is 1.81 bits per heavy atom. The fourth-order valence-corrected chi connectivity index (χ4v) is 4.09. The fraction of sp³-hybridized carbons (Fsp3) is 0.100. The molecule has 27 heavy (non-hydrogen) atoms. The Labute approximate surface area is 157 Å². The van der Waals surface area contributed by atoms with Gasteiger partial charge in [-0.05, 0) is 24.6 Å². The Hall–Kier alpha value is -3.19. The monoisotopic (exact) mass is 378 g/mol. The third-order valence-electron chi connectivity index (χ3n) is 4.24. The number of pyridine rings is 1. The lowest BCUT2D eigenvalue weighted by Crippen LogP contribution is -2.13. The molecule has 1 N–H and O–H groups in total. The predicted octanol–water partition coefficient (Wildman–Crippen LogP) is 3.59. The minimum atomic E-state index is -3.77. The van der Waals surface area contributed by atoms with Gasteiger partial charge in [-0.3, -0.25) is 14.4 Å². The van der Waals surface area contributed by atoms with E-state index in [1.165, 1.54) is 11.8 Å². The molecule has 0 amide bonds. The minimum absolute atomic E-state index is 0.145. The lowest BCUT2D eigenvalue weighted by atomic mass is 10.1. The maximum atomic E-state index is 12.8. The van der Waals surface area contributed by atoms with Crippen molar-refractivity contribution in [3.05, 3.63) is 84.3 Å². The summed E-state index contributed by atoms with van der Waals surface area (Å²) in [4.78, 5) is 4.36. The molecule has 0 bridgehead atoms. The zero-order chi connectivity index (χ0) is 18.9. The summed E-state index contributed by atoms with van der Waals surface area (Å²) in [7, 11) is -3.77. The molecule has 6 nitrogen and oxygen atoms in total. The summed E-state index contributed by atoms with van der Waals surface area (Å²) in [5, 5.41) is 5.02. The van der Waals surface area contributed by atoms with Crippen LogP contribution in [0.5, 0.6) is 0 Å². The Morgan fingerprint density at radius 1 is 1.04 bits per heavy atom. The summed E-state index contributed by atoms with van der Waals surface area (Å²) in [6.45, 7) is 2.60. The van der Waals surface area contributed by atoms with Gasteiger partial charge in [0.05, 0.1) is 23.9 Å². The number of aromatic nitrogens is 3. The van der Waals surface area contributed by atoms with E-state index in [2.05, 4.69) is 14.8 Å². The van der Waals surface area contributed by atoms with Crippen molar-refractivity contribution in [1.82, 2.24) is 14.8 Å². The Kier molecular flexibility index (Phi) is 4.37. The van der Waals surface area contributed by atoms with Crippen LogP contribution in [0.4, 0.5) is 5.69 Å². The lowest BCUT2D eigenvalue weighted by Gasteiger charge is -2.08. The van der Waals surface area contributed by atoms with Gasteiger partial charge < -0.3 is 0 Å². The van der Waals surface area contributed by atoms with E-state index < -0.39 is 10.0 Å². The van der Waals surface area contributed by atoms with Crippen LogP contribution in [-0.4, -0.2) is 23.2 Å². The van der Waals surface area contributed by atoms with Crippen LogP contribution in [0.3, 0.4) is 0 Å². The number of hydrogen-bond acceptors (Lipinski definition) is 4. The van der Waals surface area contributed by atoms with E-state index >= 15 is 0 Å². The lowest BCUT2D eigenvalue weighted by molar-refractivity contribution is 0.602. The molecule has 2 aromatic heterocycles. The molecular formula is C20H18N4O2S.